The summed E-state index contributed by atoms with van der Waals surface area (Å²) < 4.78 is 0. The van der Waals surface area contributed by atoms with Crippen LogP contribution in [0.4, 0.5) is 5.69 Å². The van der Waals surface area contributed by atoms with Gasteiger partial charge in [0, 0.05) is 10.6 Å². The molecule has 0 aliphatic carbocycles. The molecule has 0 fully saturated rings. The largest absolute Gasteiger partial charge is 0.323 e. The van der Waals surface area contributed by atoms with Gasteiger partial charge in [-0.15, -0.1) is 0 Å². The van der Waals surface area contributed by atoms with Gasteiger partial charge in [-0.2, -0.15) is 5.26 Å². The quantitative estimate of drug-likeness (QED) is 0.680. The van der Waals surface area contributed by atoms with Crippen molar-refractivity contribution < 1.29 is 9.59 Å². The lowest BCUT2D eigenvalue weighted by atomic mass is 9.98. The van der Waals surface area contributed by atoms with Crippen LogP contribution in [-0.4, -0.2) is 11.7 Å². The number of amides is 1. The number of Topliss-reactive ketones (excluding diaryl/α,β-unsaturated/α-hetero) is 1. The molecule has 22 heavy (non-hydrogen) atoms. The van der Waals surface area contributed by atoms with E-state index in [-0.39, 0.29) is 5.56 Å². The topological polar surface area (TPSA) is 70.0 Å². The maximum atomic E-state index is 12.3. The number of nitriles is 1. The summed E-state index contributed by atoms with van der Waals surface area (Å²) in [6, 6.07) is 14.4. The number of carbonyl (C=O) groups is 2. The first-order chi connectivity index (χ1) is 10.5. The molecule has 1 amide bonds. The first-order valence-electron chi connectivity index (χ1n) is 6.27. The van der Waals surface area contributed by atoms with Crippen molar-refractivity contribution in [3.63, 3.8) is 0 Å². The van der Waals surface area contributed by atoms with E-state index < -0.39 is 17.6 Å². The summed E-state index contributed by atoms with van der Waals surface area (Å²) in [5.41, 5.74) is 0.543. The molecule has 0 aliphatic rings. The zero-order valence-electron chi connectivity index (χ0n) is 11.2. The zero-order valence-corrected chi connectivity index (χ0v) is 12.7. The van der Waals surface area contributed by atoms with E-state index >= 15 is 0 Å². The van der Waals surface area contributed by atoms with E-state index in [4.69, 9.17) is 28.5 Å². The normalized spacial score (nSPS) is 11.3. The lowest BCUT2D eigenvalue weighted by molar-refractivity contribution is -0.117. The van der Waals surface area contributed by atoms with Crippen molar-refractivity contribution in [1.82, 2.24) is 0 Å². The van der Waals surface area contributed by atoms with Crippen molar-refractivity contribution in [3.8, 4) is 6.07 Å². The molecule has 0 unspecified atom stereocenters. The standard InChI is InChI=1S/C16H10Cl2N2O2/c17-11-5-3-4-10(8-11)15(21)12(9-19)16(22)20-14-7-2-1-6-13(14)18/h1-8,12H,(H,20,22)/t12-/m1/s1. The van der Waals surface area contributed by atoms with Gasteiger partial charge in [-0.3, -0.25) is 9.59 Å². The first kappa shape index (κ1) is 16.0. The van der Waals surface area contributed by atoms with Crippen LogP contribution in [0.2, 0.25) is 10.0 Å². The minimum atomic E-state index is -1.48. The molecule has 6 heteroatoms. The van der Waals surface area contributed by atoms with Gasteiger partial charge < -0.3 is 5.32 Å². The molecule has 110 valence electrons. The molecule has 1 N–H and O–H groups in total. The number of halogens is 2. The number of carbonyl (C=O) groups excluding carboxylic acids is 2. The van der Waals surface area contributed by atoms with Crippen molar-refractivity contribution in [1.29, 1.82) is 5.26 Å². The van der Waals surface area contributed by atoms with Gasteiger partial charge in [0.1, 0.15) is 0 Å². The highest BCUT2D eigenvalue weighted by molar-refractivity contribution is 6.34. The van der Waals surface area contributed by atoms with E-state index in [1.165, 1.54) is 12.1 Å². The number of para-hydroxylation sites is 1. The second-order valence-corrected chi connectivity index (χ2v) is 5.25. The molecule has 2 aromatic rings. The predicted octanol–water partition coefficient (Wildman–Crippen LogP) is 3.95. The van der Waals surface area contributed by atoms with E-state index in [9.17, 15) is 9.59 Å². The summed E-state index contributed by atoms with van der Waals surface area (Å²) in [6.07, 6.45) is 0. The number of rotatable bonds is 4. The summed E-state index contributed by atoms with van der Waals surface area (Å²) in [5, 5.41) is 12.3. The molecule has 2 rings (SSSR count). The Morgan fingerprint density at radius 3 is 2.45 bits per heavy atom. The Morgan fingerprint density at radius 2 is 1.82 bits per heavy atom. The summed E-state index contributed by atoms with van der Waals surface area (Å²) in [6.45, 7) is 0. The van der Waals surface area contributed by atoms with Gasteiger partial charge in [0.05, 0.1) is 16.8 Å². The van der Waals surface area contributed by atoms with Crippen LogP contribution in [-0.2, 0) is 4.79 Å². The highest BCUT2D eigenvalue weighted by atomic mass is 35.5. The number of ketones is 1. The van der Waals surface area contributed by atoms with Crippen LogP contribution in [0.5, 0.6) is 0 Å². The fourth-order valence-corrected chi connectivity index (χ4v) is 2.19. The van der Waals surface area contributed by atoms with Crippen LogP contribution in [0.25, 0.3) is 0 Å². The summed E-state index contributed by atoms with van der Waals surface area (Å²) in [4.78, 5) is 24.4. The third-order valence-electron chi connectivity index (χ3n) is 2.89. The fraction of sp³-hybridized carbons (Fsp3) is 0.0625. The maximum absolute atomic E-state index is 12.3. The highest BCUT2D eigenvalue weighted by Crippen LogP contribution is 2.22. The Labute approximate surface area is 137 Å². The number of hydrogen-bond acceptors (Lipinski definition) is 3. The Balaban J connectivity index is 2.21. The Hall–Kier alpha value is -2.35. The maximum Gasteiger partial charge on any atom is 0.249 e. The van der Waals surface area contributed by atoms with Crippen LogP contribution in [0, 0.1) is 17.2 Å². The second-order valence-electron chi connectivity index (χ2n) is 4.41. The molecule has 4 nitrogen and oxygen atoms in total. The molecule has 0 saturated heterocycles. The van der Waals surface area contributed by atoms with Gasteiger partial charge >= 0.3 is 0 Å². The number of nitrogens with one attached hydrogen (secondary N) is 1. The van der Waals surface area contributed by atoms with Crippen molar-refractivity contribution in [2.45, 2.75) is 0 Å². The van der Waals surface area contributed by atoms with Gasteiger partial charge in [0.2, 0.25) is 5.91 Å². The van der Waals surface area contributed by atoms with Crippen LogP contribution in [0.15, 0.2) is 48.5 Å². The minimum Gasteiger partial charge on any atom is -0.323 e. The smallest absolute Gasteiger partial charge is 0.249 e. The molecule has 0 spiro atoms. The number of nitrogens with zero attached hydrogens (tertiary/aromatic N) is 1. The van der Waals surface area contributed by atoms with E-state index in [2.05, 4.69) is 5.32 Å². The average Bonchev–Trinajstić information content (AvgIpc) is 2.50. The average molecular weight is 333 g/mol. The van der Waals surface area contributed by atoms with Gasteiger partial charge in [-0.25, -0.2) is 0 Å². The van der Waals surface area contributed by atoms with Gasteiger partial charge in [0.15, 0.2) is 11.7 Å². The molecule has 0 radical (unpaired) electrons. The summed E-state index contributed by atoms with van der Waals surface area (Å²) in [5.74, 6) is -2.83. The van der Waals surface area contributed by atoms with Crippen LogP contribution < -0.4 is 5.32 Å². The number of anilines is 1. The molecule has 0 saturated carbocycles. The Morgan fingerprint density at radius 1 is 1.09 bits per heavy atom. The van der Waals surface area contributed by atoms with Gasteiger partial charge in [-0.05, 0) is 24.3 Å². The summed E-state index contributed by atoms with van der Waals surface area (Å²) >= 11 is 11.7. The first-order valence-corrected chi connectivity index (χ1v) is 7.03. The molecule has 0 heterocycles. The molecule has 0 bridgehead atoms. The van der Waals surface area contributed by atoms with Crippen molar-refractivity contribution in [3.05, 3.63) is 64.1 Å². The molecule has 0 aliphatic heterocycles. The van der Waals surface area contributed by atoms with Crippen LogP contribution in [0.3, 0.4) is 0 Å². The van der Waals surface area contributed by atoms with Gasteiger partial charge in [-0.1, -0.05) is 47.5 Å². The van der Waals surface area contributed by atoms with E-state index in [1.807, 2.05) is 0 Å². The van der Waals surface area contributed by atoms with E-state index in [0.717, 1.165) is 0 Å². The van der Waals surface area contributed by atoms with E-state index in [1.54, 1.807) is 42.5 Å². The second kappa shape index (κ2) is 7.08. The zero-order chi connectivity index (χ0) is 16.1. The van der Waals surface area contributed by atoms with Crippen molar-refractivity contribution >= 4 is 40.6 Å². The Kier molecular flexibility index (Phi) is 5.16. The van der Waals surface area contributed by atoms with Crippen molar-refractivity contribution in [2.24, 2.45) is 5.92 Å². The summed E-state index contributed by atoms with van der Waals surface area (Å²) in [7, 11) is 0. The minimum absolute atomic E-state index is 0.202. The fourth-order valence-electron chi connectivity index (χ4n) is 1.81. The number of hydrogen-bond donors (Lipinski definition) is 1. The molecular weight excluding hydrogens is 323 g/mol. The third kappa shape index (κ3) is 3.64. The number of benzene rings is 2. The molecular formula is C16H10Cl2N2O2. The van der Waals surface area contributed by atoms with Gasteiger partial charge in [0.25, 0.3) is 0 Å². The third-order valence-corrected chi connectivity index (χ3v) is 3.46. The van der Waals surface area contributed by atoms with E-state index in [0.29, 0.717) is 15.7 Å². The SMILES string of the molecule is N#C[C@@H](C(=O)Nc1ccccc1Cl)C(=O)c1cccc(Cl)c1. The van der Waals surface area contributed by atoms with Crippen LogP contribution >= 0.6 is 23.2 Å². The van der Waals surface area contributed by atoms with Crippen LogP contribution in [0.1, 0.15) is 10.4 Å². The predicted molar refractivity (Wildman–Crippen MR) is 85.0 cm³/mol. The van der Waals surface area contributed by atoms with Crippen molar-refractivity contribution in [2.75, 3.05) is 5.32 Å². The molecule has 0 aromatic heterocycles. The highest BCUT2D eigenvalue weighted by Gasteiger charge is 2.28. The monoisotopic (exact) mass is 332 g/mol. The molecule has 1 atom stereocenters. The molecule has 2 aromatic carbocycles. The lowest BCUT2D eigenvalue weighted by Gasteiger charge is -2.11. The lowest BCUT2D eigenvalue weighted by Crippen LogP contribution is -2.28. The Bertz CT molecular complexity index is 769.